The summed E-state index contributed by atoms with van der Waals surface area (Å²) in [6, 6.07) is 14.0. The van der Waals surface area contributed by atoms with Crippen LogP contribution >= 0.6 is 0 Å². The van der Waals surface area contributed by atoms with Crippen molar-refractivity contribution in [2.75, 3.05) is 23.4 Å². The predicted molar refractivity (Wildman–Crippen MR) is 99.6 cm³/mol. The van der Waals surface area contributed by atoms with Gasteiger partial charge >= 0.3 is 0 Å². The second kappa shape index (κ2) is 7.46. The third-order valence-electron chi connectivity index (χ3n) is 4.94. The number of nitrogens with zero attached hydrogens (tertiary/aromatic N) is 1. The lowest BCUT2D eigenvalue weighted by Crippen LogP contribution is -2.33. The van der Waals surface area contributed by atoms with Gasteiger partial charge in [-0.05, 0) is 55.0 Å². The quantitative estimate of drug-likeness (QED) is 0.818. The van der Waals surface area contributed by atoms with Gasteiger partial charge < -0.3 is 15.0 Å². The van der Waals surface area contributed by atoms with E-state index in [9.17, 15) is 9.18 Å². The van der Waals surface area contributed by atoms with Gasteiger partial charge in [-0.15, -0.1) is 0 Å². The van der Waals surface area contributed by atoms with E-state index in [-0.39, 0.29) is 17.8 Å². The van der Waals surface area contributed by atoms with Crippen molar-refractivity contribution >= 4 is 17.3 Å². The van der Waals surface area contributed by atoms with E-state index in [2.05, 4.69) is 5.32 Å². The predicted octanol–water partition coefficient (Wildman–Crippen LogP) is 3.97. The van der Waals surface area contributed by atoms with Crippen molar-refractivity contribution in [1.82, 2.24) is 0 Å². The molecule has 2 aromatic carbocycles. The number of halogens is 1. The number of carbonyl (C=O) groups excluding carboxylic acids is 1. The van der Waals surface area contributed by atoms with E-state index < -0.39 is 0 Å². The van der Waals surface area contributed by atoms with Gasteiger partial charge in [-0.2, -0.15) is 0 Å². The van der Waals surface area contributed by atoms with Crippen molar-refractivity contribution in [3.8, 4) is 0 Å². The molecule has 2 aliphatic rings. The highest BCUT2D eigenvalue weighted by Gasteiger charge is 2.33. The molecule has 1 saturated heterocycles. The number of benzene rings is 2. The van der Waals surface area contributed by atoms with Gasteiger partial charge in [0.1, 0.15) is 11.9 Å². The molecular formula is C21H23FN2O2. The highest BCUT2D eigenvalue weighted by molar-refractivity contribution is 6.01. The first kappa shape index (κ1) is 17.0. The number of para-hydroxylation sites is 1. The van der Waals surface area contributed by atoms with Crippen molar-refractivity contribution in [2.45, 2.75) is 31.9 Å². The van der Waals surface area contributed by atoms with E-state index in [4.69, 9.17) is 4.74 Å². The molecule has 0 bridgehead atoms. The Hall–Kier alpha value is -2.40. The number of hydrogen-bond donors (Lipinski definition) is 1. The van der Waals surface area contributed by atoms with Crippen molar-refractivity contribution in [3.63, 3.8) is 0 Å². The van der Waals surface area contributed by atoms with Gasteiger partial charge in [0.25, 0.3) is 0 Å². The molecule has 4 nitrogen and oxygen atoms in total. The van der Waals surface area contributed by atoms with E-state index in [0.717, 1.165) is 23.8 Å². The maximum atomic E-state index is 14.0. The fraction of sp³-hybridized carbons (Fsp3) is 0.381. The summed E-state index contributed by atoms with van der Waals surface area (Å²) in [4.78, 5) is 14.2. The molecule has 5 heteroatoms. The van der Waals surface area contributed by atoms with Gasteiger partial charge in [0.05, 0.1) is 12.3 Å². The highest BCUT2D eigenvalue weighted by Crippen LogP contribution is 2.29. The molecule has 1 heterocycles. The second-order valence-corrected chi connectivity index (χ2v) is 7.09. The monoisotopic (exact) mass is 354 g/mol. The minimum absolute atomic E-state index is 0.0921. The summed E-state index contributed by atoms with van der Waals surface area (Å²) >= 11 is 0. The number of anilines is 2. The maximum Gasteiger partial charge on any atom is 0.249 e. The van der Waals surface area contributed by atoms with E-state index >= 15 is 0 Å². The van der Waals surface area contributed by atoms with Crippen LogP contribution in [0.2, 0.25) is 0 Å². The van der Waals surface area contributed by atoms with Crippen LogP contribution in [0.3, 0.4) is 0 Å². The Morgan fingerprint density at radius 3 is 2.77 bits per heavy atom. The fourth-order valence-corrected chi connectivity index (χ4v) is 3.30. The van der Waals surface area contributed by atoms with Gasteiger partial charge in [-0.1, -0.05) is 24.3 Å². The third kappa shape index (κ3) is 3.88. The lowest BCUT2D eigenvalue weighted by Gasteiger charge is -2.18. The Balaban J connectivity index is 1.38. The molecule has 1 saturated carbocycles. The largest absolute Gasteiger partial charge is 0.376 e. The van der Waals surface area contributed by atoms with Gasteiger partial charge in [0, 0.05) is 18.8 Å². The Labute approximate surface area is 153 Å². The summed E-state index contributed by atoms with van der Waals surface area (Å²) in [6.45, 7) is 1.93. The zero-order valence-corrected chi connectivity index (χ0v) is 14.7. The molecular weight excluding hydrogens is 331 g/mol. The van der Waals surface area contributed by atoms with Crippen LogP contribution in [0.4, 0.5) is 15.8 Å². The van der Waals surface area contributed by atoms with Crippen molar-refractivity contribution in [3.05, 3.63) is 59.9 Å². The Morgan fingerprint density at radius 2 is 1.96 bits per heavy atom. The van der Waals surface area contributed by atoms with E-state index in [1.54, 1.807) is 18.2 Å². The van der Waals surface area contributed by atoms with Crippen molar-refractivity contribution < 1.29 is 13.9 Å². The van der Waals surface area contributed by atoms with Crippen LogP contribution in [-0.2, 0) is 16.1 Å². The molecule has 1 atom stereocenters. The normalized spacial score (nSPS) is 19.8. The molecule has 0 radical (unpaired) electrons. The average Bonchev–Trinajstić information content (AvgIpc) is 3.40. The van der Waals surface area contributed by atoms with Gasteiger partial charge in [0.15, 0.2) is 0 Å². The van der Waals surface area contributed by atoms with Crippen LogP contribution in [0.25, 0.3) is 0 Å². The molecule has 1 aliphatic carbocycles. The number of hydrogen-bond acceptors (Lipinski definition) is 3. The Kier molecular flexibility index (Phi) is 4.89. The Morgan fingerprint density at radius 1 is 1.12 bits per heavy atom. The summed E-state index contributed by atoms with van der Waals surface area (Å²) in [5.74, 6) is 0.290. The minimum Gasteiger partial charge on any atom is -0.376 e. The molecule has 1 N–H and O–H groups in total. The van der Waals surface area contributed by atoms with Crippen LogP contribution in [-0.4, -0.2) is 25.1 Å². The molecule has 2 fully saturated rings. The standard InChI is InChI=1S/C21H23FN2O2/c22-18-6-1-2-7-20(18)24-11-10-19(21(24)25)23-17-5-3-4-16(12-17)14-26-13-15-8-9-15/h1-7,12,15,19,23H,8-11,13-14H2. The zero-order valence-electron chi connectivity index (χ0n) is 14.7. The Bertz CT molecular complexity index is 791. The second-order valence-electron chi connectivity index (χ2n) is 7.09. The van der Waals surface area contributed by atoms with E-state index in [1.807, 2.05) is 24.3 Å². The topological polar surface area (TPSA) is 41.6 Å². The molecule has 2 aromatic rings. The number of amides is 1. The van der Waals surface area contributed by atoms with Crippen LogP contribution in [0.15, 0.2) is 48.5 Å². The summed E-state index contributed by atoms with van der Waals surface area (Å²) in [5, 5.41) is 3.29. The molecule has 1 aliphatic heterocycles. The minimum atomic E-state index is -0.365. The smallest absolute Gasteiger partial charge is 0.249 e. The first-order chi connectivity index (χ1) is 12.7. The van der Waals surface area contributed by atoms with Crippen LogP contribution in [0, 0.1) is 11.7 Å². The van der Waals surface area contributed by atoms with Gasteiger partial charge in [-0.25, -0.2) is 4.39 Å². The van der Waals surface area contributed by atoms with Crippen molar-refractivity contribution in [1.29, 1.82) is 0 Å². The third-order valence-corrected chi connectivity index (χ3v) is 4.94. The zero-order chi connectivity index (χ0) is 17.9. The highest BCUT2D eigenvalue weighted by atomic mass is 19.1. The summed E-state index contributed by atoms with van der Waals surface area (Å²) in [5.41, 5.74) is 2.34. The average molecular weight is 354 g/mol. The number of rotatable bonds is 7. The SMILES string of the molecule is O=C1C(Nc2cccc(COCC3CC3)c2)CCN1c1ccccc1F. The molecule has 1 amide bonds. The molecule has 136 valence electrons. The van der Waals surface area contributed by atoms with Crippen LogP contribution in [0.1, 0.15) is 24.8 Å². The lowest BCUT2D eigenvalue weighted by molar-refractivity contribution is -0.117. The lowest BCUT2D eigenvalue weighted by atomic mass is 10.2. The van der Waals surface area contributed by atoms with Gasteiger partial charge in [0.2, 0.25) is 5.91 Å². The molecule has 0 spiro atoms. The molecule has 4 rings (SSSR count). The fourth-order valence-electron chi connectivity index (χ4n) is 3.30. The van der Waals surface area contributed by atoms with Crippen molar-refractivity contribution in [2.24, 2.45) is 5.92 Å². The summed E-state index contributed by atoms with van der Waals surface area (Å²) < 4.78 is 19.7. The van der Waals surface area contributed by atoms with Crippen LogP contribution < -0.4 is 10.2 Å². The molecule has 1 unspecified atom stereocenters. The first-order valence-corrected chi connectivity index (χ1v) is 9.20. The summed E-state index contributed by atoms with van der Waals surface area (Å²) in [7, 11) is 0. The number of ether oxygens (including phenoxy) is 1. The molecule has 26 heavy (non-hydrogen) atoms. The maximum absolute atomic E-state index is 14.0. The first-order valence-electron chi connectivity index (χ1n) is 9.20. The summed E-state index contributed by atoms with van der Waals surface area (Å²) in [6.07, 6.45) is 3.21. The van der Waals surface area contributed by atoms with Gasteiger partial charge in [-0.3, -0.25) is 4.79 Å². The van der Waals surface area contributed by atoms with E-state index in [1.165, 1.54) is 23.8 Å². The molecule has 0 aromatic heterocycles. The number of nitrogens with one attached hydrogen (secondary N) is 1. The number of carbonyl (C=O) groups is 1. The van der Waals surface area contributed by atoms with E-state index in [0.29, 0.717) is 25.3 Å². The van der Waals surface area contributed by atoms with Crippen LogP contribution in [0.5, 0.6) is 0 Å².